The van der Waals surface area contributed by atoms with E-state index < -0.39 is 16.6 Å². The van der Waals surface area contributed by atoms with Crippen molar-refractivity contribution in [1.82, 2.24) is 4.72 Å². The number of benzene rings is 2. The number of ether oxygens (including phenoxy) is 1. The number of para-hydroxylation sites is 1. The zero-order valence-corrected chi connectivity index (χ0v) is 14.0. The topological polar surface area (TPSA) is 84.5 Å². The highest BCUT2D eigenvalue weighted by Crippen LogP contribution is 2.21. The van der Waals surface area contributed by atoms with Crippen molar-refractivity contribution in [1.29, 1.82) is 0 Å². The third-order valence-corrected chi connectivity index (χ3v) is 4.54. The maximum atomic E-state index is 12.4. The summed E-state index contributed by atoms with van der Waals surface area (Å²) in [5, 5.41) is 2.53. The van der Waals surface area contributed by atoms with E-state index in [0.29, 0.717) is 5.69 Å². The Labute approximate surface area is 143 Å². The Morgan fingerprint density at radius 2 is 1.76 bits per heavy atom. The van der Waals surface area contributed by atoms with Crippen molar-refractivity contribution >= 4 is 21.6 Å². The minimum atomic E-state index is -3.85. The summed E-state index contributed by atoms with van der Waals surface area (Å²) in [4.78, 5) is 10.9. The van der Waals surface area contributed by atoms with Gasteiger partial charge >= 0.3 is 6.61 Å². The van der Waals surface area contributed by atoms with Crippen molar-refractivity contribution in [3.8, 4) is 5.75 Å². The summed E-state index contributed by atoms with van der Waals surface area (Å²) in [6.07, 6.45) is 0. The first-order valence-corrected chi connectivity index (χ1v) is 8.66. The minimum absolute atomic E-state index is 0.0196. The molecule has 0 aromatic heterocycles. The summed E-state index contributed by atoms with van der Waals surface area (Å²) in [5.74, 6) is -0.370. The average molecular weight is 370 g/mol. The largest absolute Gasteiger partial charge is 0.434 e. The minimum Gasteiger partial charge on any atom is -0.434 e. The van der Waals surface area contributed by atoms with Crippen LogP contribution in [0.2, 0.25) is 0 Å². The van der Waals surface area contributed by atoms with Gasteiger partial charge in [0.05, 0.1) is 4.90 Å². The molecule has 0 heterocycles. The molecule has 9 heteroatoms. The van der Waals surface area contributed by atoms with Gasteiger partial charge in [0.1, 0.15) is 5.75 Å². The zero-order valence-electron chi connectivity index (χ0n) is 13.2. The maximum absolute atomic E-state index is 12.4. The fraction of sp³-hybridized carbons (Fsp3) is 0.188. The number of sulfonamides is 1. The molecule has 0 saturated carbocycles. The lowest BCUT2D eigenvalue weighted by atomic mass is 10.2. The Kier molecular flexibility index (Phi) is 6.05. The van der Waals surface area contributed by atoms with Gasteiger partial charge in [-0.15, -0.1) is 0 Å². The lowest BCUT2D eigenvalue weighted by Crippen LogP contribution is -2.23. The molecule has 0 spiro atoms. The van der Waals surface area contributed by atoms with Crippen LogP contribution in [0.5, 0.6) is 5.75 Å². The Morgan fingerprint density at radius 3 is 2.36 bits per heavy atom. The number of alkyl halides is 2. The third-order valence-electron chi connectivity index (χ3n) is 3.13. The summed E-state index contributed by atoms with van der Waals surface area (Å²) in [6.45, 7) is -1.87. The zero-order chi connectivity index (χ0) is 18.4. The molecule has 25 heavy (non-hydrogen) atoms. The fourth-order valence-electron chi connectivity index (χ4n) is 2.04. The molecule has 0 fully saturated rings. The lowest BCUT2D eigenvalue weighted by molar-refractivity contribution is -0.114. The van der Waals surface area contributed by atoms with Crippen molar-refractivity contribution < 1.29 is 26.7 Å². The molecule has 0 unspecified atom stereocenters. The van der Waals surface area contributed by atoms with E-state index in [1.165, 1.54) is 49.4 Å². The highest BCUT2D eigenvalue weighted by atomic mass is 32.2. The van der Waals surface area contributed by atoms with E-state index in [1.54, 1.807) is 6.07 Å². The second-order valence-corrected chi connectivity index (χ2v) is 6.78. The van der Waals surface area contributed by atoms with Crippen LogP contribution in [0.15, 0.2) is 53.4 Å². The molecule has 0 bridgehead atoms. The van der Waals surface area contributed by atoms with Crippen molar-refractivity contribution in [2.45, 2.75) is 25.0 Å². The number of carbonyl (C=O) groups is 1. The quantitative estimate of drug-likeness (QED) is 0.785. The van der Waals surface area contributed by atoms with E-state index in [9.17, 15) is 22.0 Å². The first kappa shape index (κ1) is 18.8. The first-order chi connectivity index (χ1) is 11.8. The normalized spacial score (nSPS) is 11.4. The second-order valence-electron chi connectivity index (χ2n) is 5.02. The number of hydrogen-bond acceptors (Lipinski definition) is 4. The lowest BCUT2D eigenvalue weighted by Gasteiger charge is -2.12. The molecule has 134 valence electrons. The van der Waals surface area contributed by atoms with Crippen molar-refractivity contribution in [2.24, 2.45) is 0 Å². The fourth-order valence-corrected chi connectivity index (χ4v) is 3.04. The predicted octanol–water partition coefficient (Wildman–Crippen LogP) is 2.72. The summed E-state index contributed by atoms with van der Waals surface area (Å²) in [5.41, 5.74) is 0.739. The monoisotopic (exact) mass is 370 g/mol. The van der Waals surface area contributed by atoms with E-state index >= 15 is 0 Å². The van der Waals surface area contributed by atoms with Crippen LogP contribution in [0.3, 0.4) is 0 Å². The van der Waals surface area contributed by atoms with Gasteiger partial charge in [-0.05, 0) is 30.3 Å². The molecule has 0 aliphatic rings. The summed E-state index contributed by atoms with van der Waals surface area (Å²) in [6, 6.07) is 11.5. The molecule has 0 radical (unpaired) electrons. The van der Waals surface area contributed by atoms with Crippen molar-refractivity contribution in [2.75, 3.05) is 5.32 Å². The van der Waals surface area contributed by atoms with Crippen LogP contribution in [-0.2, 0) is 21.4 Å². The van der Waals surface area contributed by atoms with Crippen LogP contribution in [0.4, 0.5) is 14.5 Å². The van der Waals surface area contributed by atoms with Crippen LogP contribution < -0.4 is 14.8 Å². The van der Waals surface area contributed by atoms with Gasteiger partial charge in [-0.2, -0.15) is 8.78 Å². The van der Waals surface area contributed by atoms with E-state index in [1.807, 2.05) is 0 Å². The predicted molar refractivity (Wildman–Crippen MR) is 87.8 cm³/mol. The van der Waals surface area contributed by atoms with Gasteiger partial charge < -0.3 is 10.1 Å². The molecular weight excluding hydrogens is 354 g/mol. The Hall–Kier alpha value is -2.52. The number of nitrogens with one attached hydrogen (secondary N) is 2. The summed E-state index contributed by atoms with van der Waals surface area (Å²) in [7, 11) is -3.85. The highest BCUT2D eigenvalue weighted by Gasteiger charge is 2.16. The van der Waals surface area contributed by atoms with E-state index in [-0.39, 0.29) is 28.7 Å². The van der Waals surface area contributed by atoms with E-state index in [2.05, 4.69) is 14.8 Å². The van der Waals surface area contributed by atoms with E-state index in [0.717, 1.165) is 0 Å². The van der Waals surface area contributed by atoms with Crippen LogP contribution in [0, 0.1) is 0 Å². The number of hydrogen-bond donors (Lipinski definition) is 2. The van der Waals surface area contributed by atoms with Gasteiger partial charge in [-0.1, -0.05) is 18.2 Å². The molecule has 0 atom stereocenters. The molecule has 6 nitrogen and oxygen atoms in total. The second kappa shape index (κ2) is 8.04. The van der Waals surface area contributed by atoms with Gasteiger partial charge in [-0.25, -0.2) is 13.1 Å². The molecule has 1 amide bonds. The van der Waals surface area contributed by atoms with Crippen LogP contribution in [-0.4, -0.2) is 20.9 Å². The molecule has 2 aromatic carbocycles. The standard InChI is InChI=1S/C16H16F2N2O4S/c1-11(21)20-13-6-8-14(9-7-13)25(22,23)19-10-12-4-2-3-5-15(12)24-16(17)18/h2-9,16,19H,10H2,1H3,(H,20,21). The highest BCUT2D eigenvalue weighted by molar-refractivity contribution is 7.89. The maximum Gasteiger partial charge on any atom is 0.387 e. The van der Waals surface area contributed by atoms with Gasteiger partial charge in [0, 0.05) is 24.7 Å². The smallest absolute Gasteiger partial charge is 0.387 e. The molecule has 2 N–H and O–H groups in total. The molecular formula is C16H16F2N2O4S. The Balaban J connectivity index is 2.10. The average Bonchev–Trinajstić information content (AvgIpc) is 2.53. The van der Waals surface area contributed by atoms with E-state index in [4.69, 9.17) is 0 Å². The molecule has 0 saturated heterocycles. The molecule has 0 aliphatic carbocycles. The van der Waals surface area contributed by atoms with Gasteiger partial charge in [0.25, 0.3) is 0 Å². The number of anilines is 1. The van der Waals surface area contributed by atoms with Crippen molar-refractivity contribution in [3.63, 3.8) is 0 Å². The van der Waals surface area contributed by atoms with Gasteiger partial charge in [0.2, 0.25) is 15.9 Å². The van der Waals surface area contributed by atoms with Crippen molar-refractivity contribution in [3.05, 3.63) is 54.1 Å². The number of halogens is 2. The Bertz CT molecular complexity index is 839. The third kappa shape index (κ3) is 5.50. The number of amides is 1. The number of carbonyl (C=O) groups excluding carboxylic acids is 1. The molecule has 2 aromatic rings. The summed E-state index contributed by atoms with van der Waals surface area (Å²) >= 11 is 0. The molecule has 0 aliphatic heterocycles. The Morgan fingerprint density at radius 1 is 1.12 bits per heavy atom. The van der Waals surface area contributed by atoms with Crippen LogP contribution in [0.1, 0.15) is 12.5 Å². The van der Waals surface area contributed by atoms with Gasteiger partial charge in [0.15, 0.2) is 0 Å². The van der Waals surface area contributed by atoms with Crippen LogP contribution in [0.25, 0.3) is 0 Å². The van der Waals surface area contributed by atoms with Crippen LogP contribution >= 0.6 is 0 Å². The molecule has 2 rings (SSSR count). The summed E-state index contributed by atoms with van der Waals surface area (Å²) < 4.78 is 56.0. The number of rotatable bonds is 7. The SMILES string of the molecule is CC(=O)Nc1ccc(S(=O)(=O)NCc2ccccc2OC(F)F)cc1. The van der Waals surface area contributed by atoms with Gasteiger partial charge in [-0.3, -0.25) is 4.79 Å². The first-order valence-electron chi connectivity index (χ1n) is 7.18.